The van der Waals surface area contributed by atoms with Crippen LogP contribution in [0.2, 0.25) is 58.9 Å². The van der Waals surface area contributed by atoms with Crippen molar-refractivity contribution in [3.63, 3.8) is 0 Å². The summed E-state index contributed by atoms with van der Waals surface area (Å²) in [5, 5.41) is 11.4. The van der Waals surface area contributed by atoms with Crippen molar-refractivity contribution in [2.24, 2.45) is 0 Å². The monoisotopic (exact) mass is 883 g/mol. The molecule has 6 rings (SSSR count). The van der Waals surface area contributed by atoms with E-state index in [0.29, 0.717) is 0 Å². The first-order valence-corrected chi connectivity index (χ1v) is 31.0. The molecule has 1 aliphatic rings. The number of hydrogen-bond acceptors (Lipinski definition) is 0. The molecular weight excluding hydrogens is 823 g/mol. The fourth-order valence-corrected chi connectivity index (χ4v) is 16.7. The average Bonchev–Trinajstić information content (AvgIpc) is 3.70. The van der Waals surface area contributed by atoms with Gasteiger partial charge in [0.15, 0.2) is 0 Å². The van der Waals surface area contributed by atoms with Crippen LogP contribution in [-0.4, -0.2) is 27.4 Å². The zero-order valence-corrected chi connectivity index (χ0v) is 42.7. The number of fused-ring (bicyclic) bond motifs is 3. The van der Waals surface area contributed by atoms with Crippen molar-refractivity contribution >= 4 is 70.1 Å². The predicted molar refractivity (Wildman–Crippen MR) is 241 cm³/mol. The Kier molecular flexibility index (Phi) is 14.6. The van der Waals surface area contributed by atoms with Gasteiger partial charge in [-0.1, -0.05) is 163 Å². The minimum absolute atomic E-state index is 0. The average molecular weight is 886 g/mol. The zero-order chi connectivity index (χ0) is 38.6. The standard InChI is InChI=1S/C35H53Si3.C13H10.2ClH.Zr/c1-34(2,3)25-20-24-21-26-28(23-18-16-17-19-23)31(35(4,5)6)33(38(13,14)15)32(37(10,11)12)30(26)29(24)27(22-25)36(7,8)9;1-3-7-12(8-4-1)11-13-9-5-2-6-10-13;;;/h16-18,20-22H,19H2,1-15H3;1-10H;2*1H;/q-1;;;;+2/p-2. The van der Waals surface area contributed by atoms with Gasteiger partial charge in [0, 0.05) is 0 Å². The summed E-state index contributed by atoms with van der Waals surface area (Å²) < 4.78 is 1.42. The fourth-order valence-electron chi connectivity index (χ4n) is 8.00. The predicted octanol–water partition coefficient (Wildman–Crippen LogP) is 6.10. The van der Waals surface area contributed by atoms with Crippen LogP contribution in [0.25, 0.3) is 27.1 Å². The first-order chi connectivity index (χ1) is 23.9. The number of halogens is 2. The van der Waals surface area contributed by atoms with Crippen molar-refractivity contribution in [1.82, 2.24) is 0 Å². The van der Waals surface area contributed by atoms with E-state index in [1.807, 2.05) is 0 Å². The molecule has 0 atom stereocenters. The van der Waals surface area contributed by atoms with Gasteiger partial charge in [0.2, 0.25) is 0 Å². The van der Waals surface area contributed by atoms with Gasteiger partial charge in [0.1, 0.15) is 0 Å². The minimum atomic E-state index is -1.72. The fraction of sp³-hybridized carbons (Fsp3) is 0.375. The molecular formula is C48H63Cl2Si3Zr-. The first kappa shape index (κ1) is 46.6. The Morgan fingerprint density at radius 2 is 1.13 bits per heavy atom. The van der Waals surface area contributed by atoms with Gasteiger partial charge in [-0.25, -0.2) is 0 Å². The Balaban J connectivity index is 0.000000411. The molecule has 5 aromatic carbocycles. The van der Waals surface area contributed by atoms with E-state index < -0.39 is 24.2 Å². The molecule has 0 saturated carbocycles. The summed E-state index contributed by atoms with van der Waals surface area (Å²) in [4.78, 5) is 0. The number of hydrogen-bond donors (Lipinski definition) is 0. The molecule has 0 aliphatic heterocycles. The summed E-state index contributed by atoms with van der Waals surface area (Å²) in [6, 6.07) is 28.9. The third-order valence-corrected chi connectivity index (χ3v) is 18.1. The molecule has 0 radical (unpaired) electrons. The zero-order valence-electron chi connectivity index (χ0n) is 35.7. The van der Waals surface area contributed by atoms with Crippen LogP contribution in [0.15, 0.2) is 97.1 Å². The number of allylic oxidation sites excluding steroid dienone is 4. The Hall–Kier alpha value is -1.79. The van der Waals surface area contributed by atoms with Crippen LogP contribution in [-0.2, 0) is 35.1 Å². The van der Waals surface area contributed by atoms with Gasteiger partial charge in [-0.3, -0.25) is 0 Å². The summed E-state index contributed by atoms with van der Waals surface area (Å²) in [5.41, 5.74) is 9.09. The molecule has 5 aromatic rings. The van der Waals surface area contributed by atoms with Crippen LogP contribution in [0.5, 0.6) is 0 Å². The van der Waals surface area contributed by atoms with Gasteiger partial charge >= 0.3 is 99.2 Å². The maximum atomic E-state index is 2.62. The van der Waals surface area contributed by atoms with Gasteiger partial charge in [0.05, 0.1) is 24.2 Å². The Bertz CT molecular complexity index is 2130. The van der Waals surface area contributed by atoms with Gasteiger partial charge in [-0.2, -0.15) is 0 Å². The molecule has 0 N–H and O–H groups in total. The van der Waals surface area contributed by atoms with Crippen molar-refractivity contribution in [1.29, 1.82) is 0 Å². The summed E-state index contributed by atoms with van der Waals surface area (Å²) in [7, 11) is -5.06. The SMILES string of the molecule is CC(C)(C)c1cc([Si](C)(C)C)c2c(c1)[cH-]c1c(C3=CC=CC3)c(C(C)(C)C)c([Si](C)(C)C)c([Si](C)(C)C)c12.[Cl-].[Cl-].[Zr+2]=[C](c1ccccc1)c1ccccc1. The van der Waals surface area contributed by atoms with E-state index in [4.69, 9.17) is 0 Å². The van der Waals surface area contributed by atoms with Gasteiger partial charge in [-0.15, -0.1) is 33.7 Å². The molecule has 0 saturated heterocycles. The van der Waals surface area contributed by atoms with E-state index in [1.165, 1.54) is 60.5 Å². The molecule has 54 heavy (non-hydrogen) atoms. The van der Waals surface area contributed by atoms with Crippen molar-refractivity contribution in [3.05, 3.63) is 125 Å². The van der Waals surface area contributed by atoms with Gasteiger partial charge in [-0.05, 0) is 17.3 Å². The molecule has 0 amide bonds. The van der Waals surface area contributed by atoms with Gasteiger partial charge in [0.25, 0.3) is 0 Å². The molecule has 0 bridgehead atoms. The second-order valence-corrected chi connectivity index (χ2v) is 36.4. The molecule has 0 unspecified atom stereocenters. The Morgan fingerprint density at radius 1 is 0.630 bits per heavy atom. The maximum absolute atomic E-state index is 2.62. The first-order valence-electron chi connectivity index (χ1n) is 19.3. The number of benzene rings is 4. The quantitative estimate of drug-likeness (QED) is 0.143. The summed E-state index contributed by atoms with van der Waals surface area (Å²) in [6.07, 6.45) is 8.08. The summed E-state index contributed by atoms with van der Waals surface area (Å²) in [6.45, 7) is 37.8. The van der Waals surface area contributed by atoms with E-state index in [1.54, 1.807) is 37.5 Å². The second kappa shape index (κ2) is 17.0. The Labute approximate surface area is 358 Å². The normalized spacial score (nSPS) is 13.6. The topological polar surface area (TPSA) is 0 Å². The van der Waals surface area contributed by atoms with E-state index in [-0.39, 0.29) is 35.6 Å². The van der Waals surface area contributed by atoms with Crippen LogP contribution in [0.3, 0.4) is 0 Å². The molecule has 0 heterocycles. The Morgan fingerprint density at radius 3 is 1.52 bits per heavy atom. The van der Waals surface area contributed by atoms with Crippen LogP contribution in [0.1, 0.15) is 75.8 Å². The third-order valence-electron chi connectivity index (χ3n) is 10.4. The molecule has 0 fully saturated rings. The third kappa shape index (κ3) is 9.83. The van der Waals surface area contributed by atoms with Crippen LogP contribution in [0.4, 0.5) is 0 Å². The summed E-state index contributed by atoms with van der Waals surface area (Å²) in [5.74, 6) is 0. The second-order valence-electron chi connectivity index (χ2n) is 20.1. The van der Waals surface area contributed by atoms with Crippen molar-refractivity contribution in [2.75, 3.05) is 0 Å². The van der Waals surface area contributed by atoms with E-state index in [9.17, 15) is 0 Å². The van der Waals surface area contributed by atoms with Crippen LogP contribution < -0.4 is 40.4 Å². The molecule has 6 heteroatoms. The van der Waals surface area contributed by atoms with Crippen molar-refractivity contribution in [3.8, 4) is 0 Å². The molecule has 0 aromatic heterocycles. The summed E-state index contributed by atoms with van der Waals surface area (Å²) >= 11 is 1.46. The molecule has 1 aliphatic carbocycles. The van der Waals surface area contributed by atoms with Crippen molar-refractivity contribution < 1.29 is 49.0 Å². The van der Waals surface area contributed by atoms with E-state index in [2.05, 4.69) is 198 Å². The molecule has 286 valence electrons. The van der Waals surface area contributed by atoms with Crippen LogP contribution in [0, 0.1) is 0 Å². The number of rotatable bonds is 6. The van der Waals surface area contributed by atoms with E-state index >= 15 is 0 Å². The van der Waals surface area contributed by atoms with Crippen LogP contribution >= 0.6 is 0 Å². The van der Waals surface area contributed by atoms with Gasteiger partial charge < -0.3 is 24.8 Å². The van der Waals surface area contributed by atoms with E-state index in [0.717, 1.165) is 6.42 Å². The van der Waals surface area contributed by atoms with Crippen molar-refractivity contribution in [2.45, 2.75) is 118 Å². The molecule has 0 nitrogen and oxygen atoms in total. The molecule has 0 spiro atoms.